The van der Waals surface area contributed by atoms with Crippen LogP contribution < -0.4 is 10.1 Å². The standard InChI is InChI=1S/C18H27NO3/c1-13-6-9-16(14(2)11-13)22-10-4-5-17(21)19-18(3,12-20)15-7-8-15/h6,9,11,15,20H,4-5,7-8,10,12H2,1-3H3,(H,19,21). The van der Waals surface area contributed by atoms with Crippen LogP contribution in [-0.2, 0) is 4.79 Å². The van der Waals surface area contributed by atoms with E-state index in [-0.39, 0.29) is 12.5 Å². The van der Waals surface area contributed by atoms with Gasteiger partial charge < -0.3 is 15.2 Å². The van der Waals surface area contributed by atoms with Crippen molar-refractivity contribution in [2.75, 3.05) is 13.2 Å². The summed E-state index contributed by atoms with van der Waals surface area (Å²) in [6.07, 6.45) is 3.28. The highest BCUT2D eigenvalue weighted by Gasteiger charge is 2.41. The molecule has 22 heavy (non-hydrogen) atoms. The number of nitrogens with one attached hydrogen (secondary N) is 1. The fraction of sp³-hybridized carbons (Fsp3) is 0.611. The van der Waals surface area contributed by atoms with Gasteiger partial charge in [0.2, 0.25) is 5.91 Å². The summed E-state index contributed by atoms with van der Waals surface area (Å²) in [5, 5.41) is 12.5. The molecule has 0 aromatic heterocycles. The average molecular weight is 305 g/mol. The second-order valence-corrected chi connectivity index (χ2v) is 6.62. The first kappa shape index (κ1) is 16.8. The van der Waals surface area contributed by atoms with Crippen LogP contribution in [0.15, 0.2) is 18.2 Å². The maximum absolute atomic E-state index is 12.0. The molecule has 1 fully saturated rings. The van der Waals surface area contributed by atoms with Crippen LogP contribution in [0.4, 0.5) is 0 Å². The topological polar surface area (TPSA) is 58.6 Å². The smallest absolute Gasteiger partial charge is 0.220 e. The minimum Gasteiger partial charge on any atom is -0.493 e. The number of amides is 1. The lowest BCUT2D eigenvalue weighted by Gasteiger charge is -2.28. The minimum atomic E-state index is -0.453. The maximum Gasteiger partial charge on any atom is 0.220 e. The fourth-order valence-corrected chi connectivity index (χ4v) is 2.75. The third-order valence-corrected chi connectivity index (χ3v) is 4.37. The van der Waals surface area contributed by atoms with Crippen LogP contribution in [0.25, 0.3) is 0 Å². The highest BCUT2D eigenvalue weighted by molar-refractivity contribution is 5.76. The SMILES string of the molecule is Cc1ccc(OCCCC(=O)NC(C)(CO)C2CC2)c(C)c1. The highest BCUT2D eigenvalue weighted by Crippen LogP contribution is 2.39. The molecule has 1 atom stereocenters. The van der Waals surface area contributed by atoms with E-state index in [0.717, 1.165) is 24.2 Å². The Morgan fingerprint density at radius 3 is 2.73 bits per heavy atom. The number of aliphatic hydroxyl groups is 1. The molecule has 1 aromatic rings. The molecule has 0 heterocycles. The summed E-state index contributed by atoms with van der Waals surface area (Å²) >= 11 is 0. The van der Waals surface area contributed by atoms with Crippen molar-refractivity contribution in [3.8, 4) is 5.75 Å². The van der Waals surface area contributed by atoms with Crippen LogP contribution in [0.2, 0.25) is 0 Å². The number of carbonyl (C=O) groups is 1. The number of carbonyl (C=O) groups excluding carboxylic acids is 1. The molecule has 1 saturated carbocycles. The molecule has 0 aliphatic heterocycles. The van der Waals surface area contributed by atoms with Crippen molar-refractivity contribution in [3.05, 3.63) is 29.3 Å². The van der Waals surface area contributed by atoms with Crippen molar-refractivity contribution in [1.29, 1.82) is 0 Å². The van der Waals surface area contributed by atoms with Gasteiger partial charge in [-0.3, -0.25) is 4.79 Å². The van der Waals surface area contributed by atoms with Crippen molar-refractivity contribution >= 4 is 5.91 Å². The Kier molecular flexibility index (Phi) is 5.46. The Morgan fingerprint density at radius 2 is 2.14 bits per heavy atom. The second kappa shape index (κ2) is 7.14. The molecule has 1 aliphatic carbocycles. The first-order valence-electron chi connectivity index (χ1n) is 8.06. The molecule has 4 nitrogen and oxygen atoms in total. The largest absolute Gasteiger partial charge is 0.493 e. The number of ether oxygens (including phenoxy) is 1. The van der Waals surface area contributed by atoms with Crippen molar-refractivity contribution in [2.24, 2.45) is 5.92 Å². The molecule has 2 rings (SSSR count). The molecular formula is C18H27NO3. The van der Waals surface area contributed by atoms with Gasteiger partial charge in [-0.1, -0.05) is 17.7 Å². The number of rotatable bonds is 8. The zero-order chi connectivity index (χ0) is 16.2. The van der Waals surface area contributed by atoms with Crippen LogP contribution in [0.1, 0.15) is 43.7 Å². The number of hydrogen-bond donors (Lipinski definition) is 2. The third kappa shape index (κ3) is 4.47. The maximum atomic E-state index is 12.0. The molecule has 0 spiro atoms. The molecule has 0 saturated heterocycles. The molecule has 2 N–H and O–H groups in total. The summed E-state index contributed by atoms with van der Waals surface area (Å²) in [5.74, 6) is 1.30. The van der Waals surface area contributed by atoms with E-state index in [1.54, 1.807) is 0 Å². The van der Waals surface area contributed by atoms with Gasteiger partial charge in [0, 0.05) is 6.42 Å². The summed E-state index contributed by atoms with van der Waals surface area (Å²) in [4.78, 5) is 12.0. The first-order chi connectivity index (χ1) is 10.4. The summed E-state index contributed by atoms with van der Waals surface area (Å²) in [7, 11) is 0. The minimum absolute atomic E-state index is 0.00245. The molecule has 1 aliphatic rings. The van der Waals surface area contributed by atoms with Crippen molar-refractivity contribution in [2.45, 2.75) is 52.0 Å². The third-order valence-electron chi connectivity index (χ3n) is 4.37. The zero-order valence-electron chi connectivity index (χ0n) is 13.8. The Balaban J connectivity index is 1.71. The summed E-state index contributed by atoms with van der Waals surface area (Å²) < 4.78 is 5.73. The van der Waals surface area contributed by atoms with Gasteiger partial charge in [0.15, 0.2) is 0 Å². The Morgan fingerprint density at radius 1 is 1.41 bits per heavy atom. The van der Waals surface area contributed by atoms with Gasteiger partial charge in [-0.15, -0.1) is 0 Å². The van der Waals surface area contributed by atoms with E-state index in [1.807, 2.05) is 26.0 Å². The molecule has 1 unspecified atom stereocenters. The van der Waals surface area contributed by atoms with Gasteiger partial charge in [-0.25, -0.2) is 0 Å². The van der Waals surface area contributed by atoms with Crippen LogP contribution in [-0.4, -0.2) is 29.8 Å². The quantitative estimate of drug-likeness (QED) is 0.726. The van der Waals surface area contributed by atoms with Crippen LogP contribution >= 0.6 is 0 Å². The number of hydrogen-bond acceptors (Lipinski definition) is 3. The van der Waals surface area contributed by atoms with E-state index in [0.29, 0.717) is 25.4 Å². The number of aliphatic hydroxyl groups excluding tert-OH is 1. The molecule has 1 amide bonds. The summed E-state index contributed by atoms with van der Waals surface area (Å²) in [6, 6.07) is 6.09. The predicted molar refractivity (Wildman–Crippen MR) is 87.0 cm³/mol. The fourth-order valence-electron chi connectivity index (χ4n) is 2.75. The first-order valence-corrected chi connectivity index (χ1v) is 8.06. The molecule has 1 aromatic carbocycles. The molecular weight excluding hydrogens is 278 g/mol. The van der Waals surface area contributed by atoms with E-state index in [4.69, 9.17) is 4.74 Å². The van der Waals surface area contributed by atoms with Crippen molar-refractivity contribution in [1.82, 2.24) is 5.32 Å². The molecule has 4 heteroatoms. The van der Waals surface area contributed by atoms with E-state index in [9.17, 15) is 9.90 Å². The van der Waals surface area contributed by atoms with Gasteiger partial charge in [0.25, 0.3) is 0 Å². The normalized spacial score (nSPS) is 16.9. The Bertz CT molecular complexity index is 525. The van der Waals surface area contributed by atoms with E-state index in [1.165, 1.54) is 5.56 Å². The van der Waals surface area contributed by atoms with Gasteiger partial charge in [0.05, 0.1) is 18.8 Å². The summed E-state index contributed by atoms with van der Waals surface area (Å²) in [6.45, 7) is 6.53. The Hall–Kier alpha value is -1.55. The van der Waals surface area contributed by atoms with Crippen molar-refractivity contribution in [3.63, 3.8) is 0 Å². The zero-order valence-corrected chi connectivity index (χ0v) is 13.8. The lowest BCUT2D eigenvalue weighted by atomic mass is 9.96. The number of benzene rings is 1. The second-order valence-electron chi connectivity index (χ2n) is 6.62. The van der Waals surface area contributed by atoms with Gasteiger partial charge >= 0.3 is 0 Å². The Labute approximate surface area is 132 Å². The van der Waals surface area contributed by atoms with Gasteiger partial charge in [0.1, 0.15) is 5.75 Å². The number of aryl methyl sites for hydroxylation is 2. The van der Waals surface area contributed by atoms with Crippen LogP contribution in [0.5, 0.6) is 5.75 Å². The van der Waals surface area contributed by atoms with E-state index >= 15 is 0 Å². The predicted octanol–water partition coefficient (Wildman–Crippen LogP) is 2.74. The van der Waals surface area contributed by atoms with E-state index in [2.05, 4.69) is 18.3 Å². The average Bonchev–Trinajstić information content (AvgIpc) is 3.30. The van der Waals surface area contributed by atoms with Crippen molar-refractivity contribution < 1.29 is 14.6 Å². The van der Waals surface area contributed by atoms with Gasteiger partial charge in [-0.05, 0) is 57.6 Å². The molecule has 122 valence electrons. The highest BCUT2D eigenvalue weighted by atomic mass is 16.5. The van der Waals surface area contributed by atoms with Crippen LogP contribution in [0, 0.1) is 19.8 Å². The molecule has 0 bridgehead atoms. The van der Waals surface area contributed by atoms with Gasteiger partial charge in [-0.2, -0.15) is 0 Å². The van der Waals surface area contributed by atoms with E-state index < -0.39 is 5.54 Å². The summed E-state index contributed by atoms with van der Waals surface area (Å²) in [5.41, 5.74) is 1.88. The lowest BCUT2D eigenvalue weighted by molar-refractivity contribution is -0.124. The van der Waals surface area contributed by atoms with Crippen LogP contribution in [0.3, 0.4) is 0 Å². The molecule has 0 radical (unpaired) electrons. The monoisotopic (exact) mass is 305 g/mol. The lowest BCUT2D eigenvalue weighted by Crippen LogP contribution is -2.50.